The van der Waals surface area contributed by atoms with Crippen LogP contribution < -0.4 is 5.32 Å². The van der Waals surface area contributed by atoms with Crippen molar-refractivity contribution in [1.29, 1.82) is 0 Å². The third-order valence-electron chi connectivity index (χ3n) is 4.35. The molecule has 26 heavy (non-hydrogen) atoms. The van der Waals surface area contributed by atoms with E-state index in [-0.39, 0.29) is 12.5 Å². The largest absolute Gasteiger partial charge is 0.347 e. The number of rotatable bonds is 5. The van der Waals surface area contributed by atoms with Crippen LogP contribution in [0.3, 0.4) is 0 Å². The molecule has 1 aliphatic heterocycles. The zero-order chi connectivity index (χ0) is 18.9. The number of carbonyl (C=O) groups is 1. The molecule has 0 saturated heterocycles. The van der Waals surface area contributed by atoms with Crippen LogP contribution in [0.1, 0.15) is 27.3 Å². The van der Waals surface area contributed by atoms with Crippen LogP contribution in [0.25, 0.3) is 0 Å². The maximum absolute atomic E-state index is 12.3. The first-order chi connectivity index (χ1) is 12.3. The van der Waals surface area contributed by atoms with Crippen LogP contribution in [-0.2, 0) is 36.8 Å². The Kier molecular flexibility index (Phi) is 5.08. The van der Waals surface area contributed by atoms with E-state index >= 15 is 0 Å². The Balaban J connectivity index is 1.71. The van der Waals surface area contributed by atoms with Crippen LogP contribution in [0.5, 0.6) is 0 Å². The molecule has 0 saturated carbocycles. The Morgan fingerprint density at radius 2 is 2.12 bits per heavy atom. The van der Waals surface area contributed by atoms with Crippen LogP contribution >= 0.6 is 0 Å². The number of aryl methyl sites for hydroxylation is 1. The molecule has 1 N–H and O–H groups in total. The molecule has 0 fully saturated rings. The number of fused-ring (bicyclic) bond motifs is 1. The fourth-order valence-electron chi connectivity index (χ4n) is 2.82. The monoisotopic (exact) mass is 378 g/mol. The smallest absolute Gasteiger partial charge is 0.281 e. The highest BCUT2D eigenvalue weighted by Gasteiger charge is 2.29. The first kappa shape index (κ1) is 18.5. The van der Waals surface area contributed by atoms with Gasteiger partial charge in [-0.1, -0.05) is 0 Å². The topological polar surface area (TPSA) is 100 Å². The molecule has 2 aromatic heterocycles. The molecule has 0 bridgehead atoms. The molecule has 140 valence electrons. The second-order valence-corrected chi connectivity index (χ2v) is 8.54. The van der Waals surface area contributed by atoms with Crippen molar-refractivity contribution in [3.63, 3.8) is 0 Å². The molecule has 0 aromatic carbocycles. The Labute approximate surface area is 152 Å². The number of hydrogen-bond donors (Lipinski definition) is 1. The summed E-state index contributed by atoms with van der Waals surface area (Å²) in [5.41, 5.74) is 3.06. The Morgan fingerprint density at radius 1 is 1.35 bits per heavy atom. The fourth-order valence-corrected chi connectivity index (χ4v) is 3.91. The summed E-state index contributed by atoms with van der Waals surface area (Å²) in [5, 5.41) is 2.83. The van der Waals surface area contributed by atoms with E-state index in [1.54, 1.807) is 24.1 Å². The fraction of sp³-hybridized carbons (Fsp3) is 0.438. The molecule has 3 rings (SSSR count). The minimum absolute atomic E-state index is 0.223. The molecule has 3 heterocycles. The van der Waals surface area contributed by atoms with Gasteiger partial charge in [-0.15, -0.1) is 0 Å². The van der Waals surface area contributed by atoms with Gasteiger partial charge in [-0.3, -0.25) is 9.78 Å². The maximum atomic E-state index is 12.3. The Bertz CT molecular complexity index is 922. The van der Waals surface area contributed by atoms with Crippen LogP contribution in [0.15, 0.2) is 24.8 Å². The molecule has 0 aliphatic carbocycles. The zero-order valence-corrected chi connectivity index (χ0v) is 15.8. The van der Waals surface area contributed by atoms with Gasteiger partial charge in [0.1, 0.15) is 5.69 Å². The summed E-state index contributed by atoms with van der Waals surface area (Å²) < 4.78 is 28.9. The molecule has 0 spiro atoms. The lowest BCUT2D eigenvalue weighted by atomic mass is 10.1. The summed E-state index contributed by atoms with van der Waals surface area (Å²) in [6.45, 7) is 1.01. The maximum Gasteiger partial charge on any atom is 0.281 e. The highest BCUT2D eigenvalue weighted by Crippen LogP contribution is 2.21. The van der Waals surface area contributed by atoms with E-state index in [9.17, 15) is 13.2 Å². The van der Waals surface area contributed by atoms with Gasteiger partial charge in [0.05, 0.1) is 12.5 Å². The number of hydrogen-bond acceptors (Lipinski definition) is 5. The third-order valence-corrected chi connectivity index (χ3v) is 6.24. The van der Waals surface area contributed by atoms with Crippen LogP contribution in [0.4, 0.5) is 0 Å². The molecule has 1 aliphatic rings. The molecular weight excluding hydrogens is 356 g/mol. The molecule has 1 amide bonds. The van der Waals surface area contributed by atoms with E-state index < -0.39 is 10.2 Å². The molecule has 9 nitrogen and oxygen atoms in total. The van der Waals surface area contributed by atoms with Crippen molar-refractivity contribution in [1.82, 2.24) is 28.5 Å². The second kappa shape index (κ2) is 7.14. The zero-order valence-electron chi connectivity index (χ0n) is 15.0. The molecule has 10 heteroatoms. The summed E-state index contributed by atoms with van der Waals surface area (Å²) in [7, 11) is 1.34. The van der Waals surface area contributed by atoms with E-state index in [1.165, 1.54) is 28.9 Å². The van der Waals surface area contributed by atoms with E-state index in [2.05, 4.69) is 15.3 Å². The predicted molar refractivity (Wildman–Crippen MR) is 95.3 cm³/mol. The molecule has 0 unspecified atom stereocenters. The van der Waals surface area contributed by atoms with Gasteiger partial charge in [0, 0.05) is 59.1 Å². The van der Waals surface area contributed by atoms with E-state index in [4.69, 9.17) is 0 Å². The van der Waals surface area contributed by atoms with Gasteiger partial charge in [0.25, 0.3) is 16.1 Å². The normalized spacial score (nSPS) is 15.1. The van der Waals surface area contributed by atoms with Crippen molar-refractivity contribution in [2.45, 2.75) is 19.5 Å². The highest BCUT2D eigenvalue weighted by atomic mass is 32.2. The summed E-state index contributed by atoms with van der Waals surface area (Å²) in [4.78, 5) is 20.5. The molecule has 2 aromatic rings. The molecular formula is C16H22N6O3S. The number of imidazole rings is 1. The van der Waals surface area contributed by atoms with Gasteiger partial charge < -0.3 is 9.88 Å². The van der Waals surface area contributed by atoms with Crippen molar-refractivity contribution >= 4 is 16.1 Å². The average molecular weight is 378 g/mol. The van der Waals surface area contributed by atoms with Crippen LogP contribution in [-0.4, -0.2) is 58.1 Å². The van der Waals surface area contributed by atoms with Gasteiger partial charge in [-0.25, -0.2) is 4.98 Å². The highest BCUT2D eigenvalue weighted by molar-refractivity contribution is 7.86. The first-order valence-corrected chi connectivity index (χ1v) is 9.57. The quantitative estimate of drug-likeness (QED) is 0.784. The first-order valence-electron chi connectivity index (χ1n) is 8.18. The lowest BCUT2D eigenvalue weighted by molar-refractivity contribution is 0.0942. The van der Waals surface area contributed by atoms with E-state index in [0.29, 0.717) is 25.2 Å². The predicted octanol–water partition coefficient (Wildman–Crippen LogP) is -0.0904. The number of carbonyl (C=O) groups excluding carboxylic acids is 1. The summed E-state index contributed by atoms with van der Waals surface area (Å²) in [6, 6.07) is 1.91. The molecule has 0 radical (unpaired) electrons. The lowest BCUT2D eigenvalue weighted by Crippen LogP contribution is -2.43. The number of nitrogens with zero attached hydrogens (tertiary/aromatic N) is 5. The standard InChI is InChI=1S/C16H22N6O3S/c1-20(2)26(24,25)22-5-4-14-13(10-22)6-12(7-18-14)8-19-16(23)15-9-17-11-21(15)3/h6-7,9,11H,4-5,8,10H2,1-3H3,(H,19,23). The summed E-state index contributed by atoms with van der Waals surface area (Å²) in [5.74, 6) is -0.223. The van der Waals surface area contributed by atoms with Crippen LogP contribution in [0.2, 0.25) is 0 Å². The van der Waals surface area contributed by atoms with Crippen molar-refractivity contribution in [2.75, 3.05) is 20.6 Å². The van der Waals surface area contributed by atoms with Gasteiger partial charge in [0.2, 0.25) is 0 Å². The SMILES string of the molecule is CN(C)S(=O)(=O)N1CCc2ncc(CNC(=O)c3cncn3C)cc2C1. The van der Waals surface area contributed by atoms with Crippen molar-refractivity contribution in [2.24, 2.45) is 7.05 Å². The number of aromatic nitrogens is 3. The number of amides is 1. The number of nitrogens with one attached hydrogen (secondary N) is 1. The van der Waals surface area contributed by atoms with Gasteiger partial charge in [-0.05, 0) is 17.2 Å². The summed E-state index contributed by atoms with van der Waals surface area (Å²) >= 11 is 0. The molecule has 0 atom stereocenters. The second-order valence-electron chi connectivity index (χ2n) is 6.40. The Hall–Kier alpha value is -2.30. The van der Waals surface area contributed by atoms with Gasteiger partial charge >= 0.3 is 0 Å². The van der Waals surface area contributed by atoms with E-state index in [0.717, 1.165) is 16.8 Å². The van der Waals surface area contributed by atoms with Gasteiger partial charge in [-0.2, -0.15) is 17.0 Å². The Morgan fingerprint density at radius 3 is 2.77 bits per heavy atom. The summed E-state index contributed by atoms with van der Waals surface area (Å²) in [6.07, 6.45) is 5.36. The van der Waals surface area contributed by atoms with Crippen molar-refractivity contribution < 1.29 is 13.2 Å². The average Bonchev–Trinajstić information content (AvgIpc) is 3.04. The minimum Gasteiger partial charge on any atom is -0.347 e. The van der Waals surface area contributed by atoms with Crippen molar-refractivity contribution in [3.8, 4) is 0 Å². The van der Waals surface area contributed by atoms with Crippen LogP contribution in [0, 0.1) is 0 Å². The third kappa shape index (κ3) is 3.62. The van der Waals surface area contributed by atoms with E-state index in [1.807, 2.05) is 6.07 Å². The number of pyridine rings is 1. The van der Waals surface area contributed by atoms with Gasteiger partial charge in [0.15, 0.2) is 0 Å². The minimum atomic E-state index is -3.46. The van der Waals surface area contributed by atoms with Crippen molar-refractivity contribution in [3.05, 3.63) is 47.3 Å². The lowest BCUT2D eigenvalue weighted by Gasteiger charge is -2.29.